The van der Waals surface area contributed by atoms with Gasteiger partial charge in [0.25, 0.3) is 5.91 Å². The molecular formula is C9H10N4O. The minimum Gasteiger partial charge on any atom is -0.397 e. The van der Waals surface area contributed by atoms with E-state index >= 15 is 0 Å². The molecule has 0 aliphatic rings. The number of nitrogens with two attached hydrogens (primary N) is 1. The molecule has 0 atom stereocenters. The number of aryl methyl sites for hydroxylation is 1. The lowest BCUT2D eigenvalue weighted by Crippen LogP contribution is -2.13. The second kappa shape index (κ2) is 3.02. The minimum absolute atomic E-state index is 0.137. The third kappa shape index (κ3) is 1.28. The van der Waals surface area contributed by atoms with Crippen molar-refractivity contribution in [2.24, 2.45) is 7.05 Å². The first-order valence-corrected chi connectivity index (χ1v) is 4.13. The van der Waals surface area contributed by atoms with Crippen LogP contribution in [0.1, 0.15) is 10.5 Å². The van der Waals surface area contributed by atoms with Crippen molar-refractivity contribution in [2.45, 2.75) is 0 Å². The van der Waals surface area contributed by atoms with Gasteiger partial charge in [-0.3, -0.25) is 9.36 Å². The summed E-state index contributed by atoms with van der Waals surface area (Å²) in [5, 5.41) is 0. The molecule has 0 amide bonds. The van der Waals surface area contributed by atoms with Crippen molar-refractivity contribution in [3.63, 3.8) is 0 Å². The SMILES string of the molecule is Cn1cc(N)cc1C(=O)n1ccnc1. The van der Waals surface area contributed by atoms with Gasteiger partial charge in [0.05, 0.1) is 5.69 Å². The predicted molar refractivity (Wildman–Crippen MR) is 51.8 cm³/mol. The molecule has 0 fully saturated rings. The molecule has 2 heterocycles. The highest BCUT2D eigenvalue weighted by Crippen LogP contribution is 2.10. The summed E-state index contributed by atoms with van der Waals surface area (Å²) in [6.45, 7) is 0. The van der Waals surface area contributed by atoms with E-state index in [2.05, 4.69) is 4.98 Å². The summed E-state index contributed by atoms with van der Waals surface area (Å²) in [7, 11) is 1.78. The molecule has 0 aromatic carbocycles. The van der Waals surface area contributed by atoms with Crippen LogP contribution in [0, 0.1) is 0 Å². The van der Waals surface area contributed by atoms with Crippen LogP contribution in [0.2, 0.25) is 0 Å². The van der Waals surface area contributed by atoms with Crippen LogP contribution in [0.5, 0.6) is 0 Å². The minimum atomic E-state index is -0.137. The van der Waals surface area contributed by atoms with Crippen LogP contribution in [0.3, 0.4) is 0 Å². The van der Waals surface area contributed by atoms with E-state index in [0.717, 1.165) is 0 Å². The van der Waals surface area contributed by atoms with Crippen molar-refractivity contribution in [3.05, 3.63) is 36.7 Å². The topological polar surface area (TPSA) is 65.8 Å². The maximum absolute atomic E-state index is 11.8. The Labute approximate surface area is 80.8 Å². The number of rotatable bonds is 1. The lowest BCUT2D eigenvalue weighted by molar-refractivity contribution is 0.0952. The highest BCUT2D eigenvalue weighted by molar-refractivity contribution is 5.95. The number of carbonyl (C=O) groups excluding carboxylic acids is 1. The second-order valence-corrected chi connectivity index (χ2v) is 3.04. The number of carbonyl (C=O) groups is 1. The molecule has 0 unspecified atom stereocenters. The van der Waals surface area contributed by atoms with Crippen molar-refractivity contribution in [3.8, 4) is 0 Å². The van der Waals surface area contributed by atoms with Gasteiger partial charge in [-0.2, -0.15) is 0 Å². The predicted octanol–water partition coefficient (Wildman–Crippen LogP) is 0.492. The van der Waals surface area contributed by atoms with Gasteiger partial charge in [0, 0.05) is 25.6 Å². The van der Waals surface area contributed by atoms with E-state index in [0.29, 0.717) is 11.4 Å². The molecule has 0 spiro atoms. The van der Waals surface area contributed by atoms with Gasteiger partial charge in [-0.15, -0.1) is 0 Å². The first kappa shape index (κ1) is 8.55. The molecule has 0 aliphatic carbocycles. The molecule has 0 bridgehead atoms. The summed E-state index contributed by atoms with van der Waals surface area (Å²) >= 11 is 0. The number of hydrogen-bond donors (Lipinski definition) is 1. The molecule has 14 heavy (non-hydrogen) atoms. The molecule has 0 saturated heterocycles. The first-order valence-electron chi connectivity index (χ1n) is 4.13. The number of hydrogen-bond acceptors (Lipinski definition) is 3. The fourth-order valence-corrected chi connectivity index (χ4v) is 1.31. The Hall–Kier alpha value is -2.04. The Balaban J connectivity index is 2.41. The van der Waals surface area contributed by atoms with E-state index in [1.54, 1.807) is 36.3 Å². The van der Waals surface area contributed by atoms with Crippen molar-refractivity contribution < 1.29 is 4.79 Å². The van der Waals surface area contributed by atoms with E-state index in [1.807, 2.05) is 0 Å². The van der Waals surface area contributed by atoms with Gasteiger partial charge in [0.2, 0.25) is 0 Å². The number of aromatic nitrogens is 3. The monoisotopic (exact) mass is 190 g/mol. The molecule has 5 nitrogen and oxygen atoms in total. The van der Waals surface area contributed by atoms with Crippen LogP contribution in [-0.4, -0.2) is 20.0 Å². The molecular weight excluding hydrogens is 180 g/mol. The summed E-state index contributed by atoms with van der Waals surface area (Å²) in [5.41, 5.74) is 6.69. The Kier molecular flexibility index (Phi) is 1.85. The van der Waals surface area contributed by atoms with Crippen molar-refractivity contribution in [1.82, 2.24) is 14.1 Å². The average molecular weight is 190 g/mol. The largest absolute Gasteiger partial charge is 0.397 e. The van der Waals surface area contributed by atoms with Crippen LogP contribution in [0.15, 0.2) is 31.0 Å². The van der Waals surface area contributed by atoms with E-state index < -0.39 is 0 Å². The molecule has 5 heteroatoms. The zero-order chi connectivity index (χ0) is 10.1. The highest BCUT2D eigenvalue weighted by Gasteiger charge is 2.11. The van der Waals surface area contributed by atoms with E-state index in [9.17, 15) is 4.79 Å². The Bertz CT molecular complexity index is 455. The van der Waals surface area contributed by atoms with Gasteiger partial charge < -0.3 is 10.3 Å². The van der Waals surface area contributed by atoms with Crippen LogP contribution in [0.4, 0.5) is 5.69 Å². The molecule has 0 aliphatic heterocycles. The Morgan fingerprint density at radius 1 is 1.57 bits per heavy atom. The smallest absolute Gasteiger partial charge is 0.279 e. The third-order valence-corrected chi connectivity index (χ3v) is 1.98. The van der Waals surface area contributed by atoms with Gasteiger partial charge in [0.1, 0.15) is 12.0 Å². The van der Waals surface area contributed by atoms with Crippen molar-refractivity contribution >= 4 is 11.6 Å². The van der Waals surface area contributed by atoms with Crippen LogP contribution in [-0.2, 0) is 7.05 Å². The third-order valence-electron chi connectivity index (χ3n) is 1.98. The molecule has 2 N–H and O–H groups in total. The van der Waals surface area contributed by atoms with Crippen molar-refractivity contribution in [2.75, 3.05) is 5.73 Å². The number of imidazole rings is 1. The summed E-state index contributed by atoms with van der Waals surface area (Å²) in [5.74, 6) is -0.137. The second-order valence-electron chi connectivity index (χ2n) is 3.04. The molecule has 2 aromatic rings. The van der Waals surface area contributed by atoms with Crippen LogP contribution in [0.25, 0.3) is 0 Å². The number of nitrogens with zero attached hydrogens (tertiary/aromatic N) is 3. The maximum Gasteiger partial charge on any atom is 0.279 e. The fourth-order valence-electron chi connectivity index (χ4n) is 1.31. The van der Waals surface area contributed by atoms with Crippen LogP contribution < -0.4 is 5.73 Å². The van der Waals surface area contributed by atoms with E-state index in [4.69, 9.17) is 5.73 Å². The van der Waals surface area contributed by atoms with Crippen molar-refractivity contribution in [1.29, 1.82) is 0 Å². The number of anilines is 1. The van der Waals surface area contributed by atoms with Gasteiger partial charge in [0.15, 0.2) is 0 Å². The molecule has 72 valence electrons. The summed E-state index contributed by atoms with van der Waals surface area (Å²) in [6, 6.07) is 1.64. The summed E-state index contributed by atoms with van der Waals surface area (Å²) < 4.78 is 3.10. The van der Waals surface area contributed by atoms with Gasteiger partial charge in [-0.25, -0.2) is 4.98 Å². The van der Waals surface area contributed by atoms with Crippen LogP contribution >= 0.6 is 0 Å². The summed E-state index contributed by atoms with van der Waals surface area (Å²) in [4.78, 5) is 15.6. The number of nitrogen functional groups attached to an aromatic ring is 1. The Morgan fingerprint density at radius 2 is 2.36 bits per heavy atom. The molecule has 2 aromatic heterocycles. The maximum atomic E-state index is 11.8. The van der Waals surface area contributed by atoms with Gasteiger partial charge in [-0.05, 0) is 6.07 Å². The van der Waals surface area contributed by atoms with E-state index in [-0.39, 0.29) is 5.91 Å². The van der Waals surface area contributed by atoms with Gasteiger partial charge >= 0.3 is 0 Å². The Morgan fingerprint density at radius 3 is 2.86 bits per heavy atom. The quantitative estimate of drug-likeness (QED) is 0.711. The van der Waals surface area contributed by atoms with Gasteiger partial charge in [-0.1, -0.05) is 0 Å². The summed E-state index contributed by atoms with van der Waals surface area (Å²) in [6.07, 6.45) is 6.32. The molecule has 0 radical (unpaired) electrons. The first-order chi connectivity index (χ1) is 6.68. The average Bonchev–Trinajstić information content (AvgIpc) is 2.73. The van der Waals surface area contributed by atoms with E-state index in [1.165, 1.54) is 10.9 Å². The lowest BCUT2D eigenvalue weighted by atomic mass is 10.4. The highest BCUT2D eigenvalue weighted by atomic mass is 16.2. The zero-order valence-electron chi connectivity index (χ0n) is 7.71. The normalized spacial score (nSPS) is 10.4. The molecule has 0 saturated carbocycles. The standard InChI is InChI=1S/C9H10N4O/c1-12-5-7(10)4-8(12)9(14)13-3-2-11-6-13/h2-6H,10H2,1H3. The fraction of sp³-hybridized carbons (Fsp3) is 0.111. The lowest BCUT2D eigenvalue weighted by Gasteiger charge is -2.01. The molecule has 2 rings (SSSR count). The zero-order valence-corrected chi connectivity index (χ0v) is 7.71.